The predicted octanol–water partition coefficient (Wildman–Crippen LogP) is 2.73. The molecule has 1 heterocycles. The van der Waals surface area contributed by atoms with E-state index in [-0.39, 0.29) is 5.91 Å². The second-order valence-corrected chi connectivity index (χ2v) is 6.05. The first-order valence-electron chi connectivity index (χ1n) is 8.43. The Morgan fingerprint density at radius 3 is 2.88 bits per heavy atom. The summed E-state index contributed by atoms with van der Waals surface area (Å²) in [5.41, 5.74) is 2.22. The first-order valence-corrected chi connectivity index (χ1v) is 8.43. The molecule has 0 bridgehead atoms. The van der Waals surface area contributed by atoms with Crippen LogP contribution in [0.15, 0.2) is 28.8 Å². The molecule has 0 saturated carbocycles. The summed E-state index contributed by atoms with van der Waals surface area (Å²) in [7, 11) is 4.00. The van der Waals surface area contributed by atoms with Crippen molar-refractivity contribution in [1.29, 1.82) is 0 Å². The van der Waals surface area contributed by atoms with Crippen LogP contribution in [0.1, 0.15) is 43.5 Å². The maximum atomic E-state index is 11.9. The highest BCUT2D eigenvalue weighted by Crippen LogP contribution is 2.13. The van der Waals surface area contributed by atoms with Crippen LogP contribution in [-0.4, -0.2) is 30.1 Å². The molecule has 2 rings (SSSR count). The minimum Gasteiger partial charge on any atom is -0.378 e. The Labute approximate surface area is 143 Å². The molecule has 0 aliphatic carbocycles. The Morgan fingerprint density at radius 1 is 1.29 bits per heavy atom. The summed E-state index contributed by atoms with van der Waals surface area (Å²) >= 11 is 0. The molecule has 2 aromatic rings. The van der Waals surface area contributed by atoms with Crippen LogP contribution in [0, 0.1) is 0 Å². The van der Waals surface area contributed by atoms with Crippen LogP contribution in [0.3, 0.4) is 0 Å². The van der Waals surface area contributed by atoms with E-state index in [1.54, 1.807) is 0 Å². The lowest BCUT2D eigenvalue weighted by Crippen LogP contribution is -2.22. The number of hydrogen-bond acceptors (Lipinski definition) is 5. The number of amides is 1. The molecule has 1 N–H and O–H groups in total. The van der Waals surface area contributed by atoms with Gasteiger partial charge in [0, 0.05) is 45.6 Å². The molecule has 0 atom stereocenters. The van der Waals surface area contributed by atoms with Gasteiger partial charge in [-0.1, -0.05) is 24.2 Å². The zero-order valence-electron chi connectivity index (χ0n) is 14.7. The average molecular weight is 330 g/mol. The van der Waals surface area contributed by atoms with Crippen LogP contribution in [0.5, 0.6) is 0 Å². The van der Waals surface area contributed by atoms with Gasteiger partial charge in [-0.05, 0) is 30.5 Å². The normalized spacial score (nSPS) is 10.6. The van der Waals surface area contributed by atoms with Gasteiger partial charge in [0.1, 0.15) is 0 Å². The third-order valence-electron chi connectivity index (χ3n) is 3.69. The van der Waals surface area contributed by atoms with Crippen molar-refractivity contribution in [2.45, 2.75) is 45.6 Å². The Balaban J connectivity index is 1.70. The molecule has 0 aliphatic heterocycles. The van der Waals surface area contributed by atoms with E-state index in [2.05, 4.69) is 28.4 Å². The highest BCUT2D eigenvalue weighted by atomic mass is 16.5. The Morgan fingerprint density at radius 2 is 2.12 bits per heavy atom. The average Bonchev–Trinajstić information content (AvgIpc) is 3.01. The van der Waals surface area contributed by atoms with E-state index >= 15 is 0 Å². The van der Waals surface area contributed by atoms with Gasteiger partial charge in [-0.3, -0.25) is 4.79 Å². The van der Waals surface area contributed by atoms with Crippen molar-refractivity contribution < 1.29 is 9.32 Å². The number of rotatable bonds is 9. The van der Waals surface area contributed by atoms with Gasteiger partial charge in [-0.15, -0.1) is 0 Å². The fourth-order valence-electron chi connectivity index (χ4n) is 2.35. The zero-order valence-corrected chi connectivity index (χ0v) is 14.7. The number of nitrogens with one attached hydrogen (secondary N) is 1. The summed E-state index contributed by atoms with van der Waals surface area (Å²) in [5.74, 6) is 1.40. The van der Waals surface area contributed by atoms with Crippen LogP contribution in [0.4, 0.5) is 5.69 Å². The summed E-state index contributed by atoms with van der Waals surface area (Å²) in [6, 6.07) is 8.14. The molecule has 1 amide bonds. The maximum absolute atomic E-state index is 11.9. The standard InChI is InChI=1S/C18H26N4O2/c1-4-7-16-20-18(24-21-16)11-6-10-17(23)19-13-14-8-5-9-15(12-14)22(2)3/h5,8-9,12H,4,6-7,10-11,13H2,1-3H3,(H,19,23). The topological polar surface area (TPSA) is 71.3 Å². The first kappa shape index (κ1) is 18.0. The van der Waals surface area contributed by atoms with Gasteiger partial charge >= 0.3 is 0 Å². The number of carbonyl (C=O) groups excluding carboxylic acids is 1. The highest BCUT2D eigenvalue weighted by Gasteiger charge is 2.07. The lowest BCUT2D eigenvalue weighted by atomic mass is 10.2. The molecular formula is C18H26N4O2. The fraction of sp³-hybridized carbons (Fsp3) is 0.500. The van der Waals surface area contributed by atoms with Gasteiger partial charge in [-0.25, -0.2) is 0 Å². The van der Waals surface area contributed by atoms with Crippen molar-refractivity contribution in [3.63, 3.8) is 0 Å². The molecule has 0 unspecified atom stereocenters. The number of aromatic nitrogens is 2. The molecule has 0 fully saturated rings. The van der Waals surface area contributed by atoms with E-state index < -0.39 is 0 Å². The second-order valence-electron chi connectivity index (χ2n) is 6.05. The summed E-state index contributed by atoms with van der Waals surface area (Å²) in [6.45, 7) is 2.62. The van der Waals surface area contributed by atoms with Crippen molar-refractivity contribution in [3.8, 4) is 0 Å². The number of nitrogens with zero attached hydrogens (tertiary/aromatic N) is 3. The van der Waals surface area contributed by atoms with Crippen molar-refractivity contribution >= 4 is 11.6 Å². The molecule has 0 spiro atoms. The Kier molecular flexibility index (Phi) is 6.78. The van der Waals surface area contributed by atoms with Gasteiger partial charge in [0.05, 0.1) is 0 Å². The van der Waals surface area contributed by atoms with Gasteiger partial charge in [-0.2, -0.15) is 4.98 Å². The molecule has 130 valence electrons. The van der Waals surface area contributed by atoms with E-state index in [0.29, 0.717) is 31.7 Å². The maximum Gasteiger partial charge on any atom is 0.226 e. The largest absolute Gasteiger partial charge is 0.378 e. The van der Waals surface area contributed by atoms with E-state index in [9.17, 15) is 4.79 Å². The van der Waals surface area contributed by atoms with Crippen molar-refractivity contribution in [3.05, 3.63) is 41.5 Å². The number of hydrogen-bond donors (Lipinski definition) is 1. The third-order valence-corrected chi connectivity index (χ3v) is 3.69. The van der Waals surface area contributed by atoms with Crippen LogP contribution >= 0.6 is 0 Å². The van der Waals surface area contributed by atoms with Crippen molar-refractivity contribution in [1.82, 2.24) is 15.5 Å². The first-order chi connectivity index (χ1) is 11.6. The fourth-order valence-corrected chi connectivity index (χ4v) is 2.35. The Hall–Kier alpha value is -2.37. The van der Waals surface area contributed by atoms with Gasteiger partial charge < -0.3 is 14.7 Å². The van der Waals surface area contributed by atoms with Crippen LogP contribution in [-0.2, 0) is 24.2 Å². The van der Waals surface area contributed by atoms with Crippen molar-refractivity contribution in [2.24, 2.45) is 0 Å². The predicted molar refractivity (Wildman–Crippen MR) is 93.8 cm³/mol. The smallest absolute Gasteiger partial charge is 0.226 e. The molecule has 24 heavy (non-hydrogen) atoms. The number of benzene rings is 1. The molecule has 1 aromatic carbocycles. The molecule has 1 aromatic heterocycles. The summed E-state index contributed by atoms with van der Waals surface area (Å²) in [4.78, 5) is 18.3. The monoisotopic (exact) mass is 330 g/mol. The summed E-state index contributed by atoms with van der Waals surface area (Å²) < 4.78 is 5.17. The van der Waals surface area contributed by atoms with Gasteiger partial charge in [0.25, 0.3) is 0 Å². The second kappa shape index (κ2) is 9.05. The third kappa shape index (κ3) is 5.68. The zero-order chi connectivity index (χ0) is 17.4. The lowest BCUT2D eigenvalue weighted by Gasteiger charge is -2.13. The molecule has 0 saturated heterocycles. The summed E-state index contributed by atoms with van der Waals surface area (Å²) in [6.07, 6.45) is 3.63. The van der Waals surface area contributed by atoms with E-state index in [1.165, 1.54) is 0 Å². The number of aryl methyl sites for hydroxylation is 2. The highest BCUT2D eigenvalue weighted by molar-refractivity contribution is 5.75. The quantitative estimate of drug-likeness (QED) is 0.765. The molecule has 6 heteroatoms. The SMILES string of the molecule is CCCc1noc(CCCC(=O)NCc2cccc(N(C)C)c2)n1. The van der Waals surface area contributed by atoms with Gasteiger partial charge in [0.2, 0.25) is 11.8 Å². The lowest BCUT2D eigenvalue weighted by molar-refractivity contribution is -0.121. The van der Waals surface area contributed by atoms with Crippen LogP contribution < -0.4 is 10.2 Å². The molecule has 6 nitrogen and oxygen atoms in total. The van der Waals surface area contributed by atoms with Crippen molar-refractivity contribution in [2.75, 3.05) is 19.0 Å². The Bertz CT molecular complexity index is 652. The molecule has 0 radical (unpaired) electrons. The van der Waals surface area contributed by atoms with Crippen LogP contribution in [0.2, 0.25) is 0 Å². The molecular weight excluding hydrogens is 304 g/mol. The van der Waals surface area contributed by atoms with E-state index in [1.807, 2.05) is 37.2 Å². The van der Waals surface area contributed by atoms with Crippen LogP contribution in [0.25, 0.3) is 0 Å². The number of carbonyl (C=O) groups is 1. The summed E-state index contributed by atoms with van der Waals surface area (Å²) in [5, 5.41) is 6.86. The van der Waals surface area contributed by atoms with Gasteiger partial charge in [0.15, 0.2) is 5.82 Å². The van der Waals surface area contributed by atoms with E-state index in [4.69, 9.17) is 4.52 Å². The number of anilines is 1. The molecule has 0 aliphatic rings. The minimum atomic E-state index is 0.0403. The van der Waals surface area contributed by atoms with E-state index in [0.717, 1.165) is 29.9 Å². The minimum absolute atomic E-state index is 0.0403.